The summed E-state index contributed by atoms with van der Waals surface area (Å²) in [7, 11) is 1.59. The first kappa shape index (κ1) is 17.5. The summed E-state index contributed by atoms with van der Waals surface area (Å²) in [5.41, 5.74) is 0.782. The molecule has 1 saturated heterocycles. The molecule has 0 spiro atoms. The van der Waals surface area contributed by atoms with E-state index in [1.165, 1.54) is 0 Å². The maximum absolute atomic E-state index is 12.1. The van der Waals surface area contributed by atoms with Crippen LogP contribution in [0, 0.1) is 5.41 Å². The van der Waals surface area contributed by atoms with Gasteiger partial charge in [0.15, 0.2) is 5.78 Å². The van der Waals surface area contributed by atoms with Gasteiger partial charge in [-0.2, -0.15) is 0 Å². The highest BCUT2D eigenvalue weighted by atomic mass is 16.5. The predicted molar refractivity (Wildman–Crippen MR) is 89.8 cm³/mol. The molecule has 1 aliphatic rings. The molecule has 5 nitrogen and oxygen atoms in total. The maximum Gasteiger partial charge on any atom is 0.220 e. The van der Waals surface area contributed by atoms with Gasteiger partial charge in [0, 0.05) is 24.9 Å². The second-order valence-corrected chi connectivity index (χ2v) is 6.49. The highest BCUT2D eigenvalue weighted by Crippen LogP contribution is 2.26. The molecule has 1 amide bonds. The van der Waals surface area contributed by atoms with Crippen molar-refractivity contribution in [2.24, 2.45) is 5.41 Å². The highest BCUT2D eigenvalue weighted by Gasteiger charge is 2.26. The second kappa shape index (κ2) is 8.11. The van der Waals surface area contributed by atoms with Gasteiger partial charge in [0.25, 0.3) is 0 Å². The number of amides is 1. The first-order chi connectivity index (χ1) is 11.0. The summed E-state index contributed by atoms with van der Waals surface area (Å²) in [6.07, 6.45) is 2.60. The van der Waals surface area contributed by atoms with Crippen molar-refractivity contribution < 1.29 is 14.3 Å². The average Bonchev–Trinajstić information content (AvgIpc) is 2.58. The van der Waals surface area contributed by atoms with E-state index in [2.05, 4.69) is 17.6 Å². The molecule has 126 valence electrons. The van der Waals surface area contributed by atoms with E-state index in [0.29, 0.717) is 12.1 Å². The molecule has 2 rings (SSSR count). The van der Waals surface area contributed by atoms with Crippen LogP contribution in [0.3, 0.4) is 0 Å². The van der Waals surface area contributed by atoms with Crippen molar-refractivity contribution in [2.45, 2.75) is 32.6 Å². The molecule has 0 saturated carbocycles. The number of ketones is 1. The molecule has 1 heterocycles. The van der Waals surface area contributed by atoms with Gasteiger partial charge < -0.3 is 15.4 Å². The van der Waals surface area contributed by atoms with Crippen molar-refractivity contribution >= 4 is 11.7 Å². The number of hydrogen-bond donors (Lipinski definition) is 2. The lowest BCUT2D eigenvalue weighted by Gasteiger charge is -2.34. The fourth-order valence-corrected chi connectivity index (χ4v) is 2.76. The lowest BCUT2D eigenvalue weighted by Crippen LogP contribution is -2.42. The highest BCUT2D eigenvalue weighted by molar-refractivity contribution is 5.98. The fraction of sp³-hybridized carbons (Fsp3) is 0.556. The van der Waals surface area contributed by atoms with Gasteiger partial charge >= 0.3 is 0 Å². The van der Waals surface area contributed by atoms with E-state index < -0.39 is 0 Å². The lowest BCUT2D eigenvalue weighted by atomic mass is 9.81. The normalized spacial score (nSPS) is 16.6. The zero-order valence-electron chi connectivity index (χ0n) is 14.0. The summed E-state index contributed by atoms with van der Waals surface area (Å²) in [6, 6.07) is 6.97. The Labute approximate surface area is 137 Å². The second-order valence-electron chi connectivity index (χ2n) is 6.49. The van der Waals surface area contributed by atoms with Gasteiger partial charge in [0.2, 0.25) is 5.91 Å². The molecule has 1 aromatic carbocycles. The minimum Gasteiger partial charge on any atom is -0.497 e. The molecular formula is C18H26N2O3. The van der Waals surface area contributed by atoms with Gasteiger partial charge in [-0.1, -0.05) is 6.92 Å². The number of benzene rings is 1. The average molecular weight is 318 g/mol. The summed E-state index contributed by atoms with van der Waals surface area (Å²) in [5.74, 6) is 0.650. The van der Waals surface area contributed by atoms with E-state index in [1.807, 2.05) is 0 Å². The first-order valence-electron chi connectivity index (χ1n) is 8.17. The zero-order valence-corrected chi connectivity index (χ0v) is 14.0. The van der Waals surface area contributed by atoms with Crippen LogP contribution in [-0.4, -0.2) is 38.4 Å². The molecule has 0 unspecified atom stereocenters. The van der Waals surface area contributed by atoms with Gasteiger partial charge in [-0.25, -0.2) is 0 Å². The van der Waals surface area contributed by atoms with Crippen molar-refractivity contribution in [3.63, 3.8) is 0 Å². The van der Waals surface area contributed by atoms with Crippen LogP contribution in [0.15, 0.2) is 24.3 Å². The number of piperidine rings is 1. The summed E-state index contributed by atoms with van der Waals surface area (Å²) >= 11 is 0. The number of carbonyl (C=O) groups excluding carboxylic acids is 2. The largest absolute Gasteiger partial charge is 0.497 e. The van der Waals surface area contributed by atoms with Crippen LogP contribution in [0.1, 0.15) is 43.0 Å². The molecule has 0 radical (unpaired) electrons. The van der Waals surface area contributed by atoms with Crippen LogP contribution in [0.2, 0.25) is 0 Å². The predicted octanol–water partition coefficient (Wildman–Crippen LogP) is 2.16. The van der Waals surface area contributed by atoms with Gasteiger partial charge in [-0.05, 0) is 55.6 Å². The number of ether oxygens (including phenoxy) is 1. The van der Waals surface area contributed by atoms with E-state index in [0.717, 1.165) is 31.7 Å². The monoisotopic (exact) mass is 318 g/mol. The fourth-order valence-electron chi connectivity index (χ4n) is 2.76. The number of methoxy groups -OCH3 is 1. The summed E-state index contributed by atoms with van der Waals surface area (Å²) in [4.78, 5) is 24.1. The number of Topliss-reactive ketones (excluding diaryl/α,β-unsaturated/α-hetero) is 1. The molecule has 0 bridgehead atoms. The standard InChI is InChI=1S/C18H26N2O3/c1-18(9-11-19-12-10-18)13-20-17(22)8-7-16(21)14-3-5-15(23-2)6-4-14/h3-6,19H,7-13H2,1-2H3,(H,20,22). The number of nitrogens with one attached hydrogen (secondary N) is 2. The molecule has 0 atom stereocenters. The Morgan fingerprint density at radius 2 is 1.83 bits per heavy atom. The first-order valence-corrected chi connectivity index (χ1v) is 8.17. The minimum absolute atomic E-state index is 0.0177. The minimum atomic E-state index is -0.0494. The molecular weight excluding hydrogens is 292 g/mol. The van der Waals surface area contributed by atoms with E-state index in [-0.39, 0.29) is 29.9 Å². The zero-order chi connectivity index (χ0) is 16.7. The van der Waals surface area contributed by atoms with Crippen LogP contribution in [0.25, 0.3) is 0 Å². The summed E-state index contributed by atoms with van der Waals surface area (Å²) in [6.45, 7) is 4.89. The van der Waals surface area contributed by atoms with Crippen molar-refractivity contribution in [1.82, 2.24) is 10.6 Å². The Balaban J connectivity index is 1.73. The molecule has 23 heavy (non-hydrogen) atoms. The number of hydrogen-bond acceptors (Lipinski definition) is 4. The third kappa shape index (κ3) is 5.36. The van der Waals surface area contributed by atoms with Gasteiger partial charge in [0.1, 0.15) is 5.75 Å². The van der Waals surface area contributed by atoms with Crippen molar-refractivity contribution in [1.29, 1.82) is 0 Å². The molecule has 0 aromatic heterocycles. The van der Waals surface area contributed by atoms with Gasteiger partial charge in [-0.15, -0.1) is 0 Å². The molecule has 5 heteroatoms. The molecule has 0 aliphatic carbocycles. The Bertz CT molecular complexity index is 534. The smallest absolute Gasteiger partial charge is 0.220 e. The lowest BCUT2D eigenvalue weighted by molar-refractivity contribution is -0.121. The van der Waals surface area contributed by atoms with Crippen molar-refractivity contribution in [2.75, 3.05) is 26.7 Å². The van der Waals surface area contributed by atoms with Crippen molar-refractivity contribution in [3.05, 3.63) is 29.8 Å². The quantitative estimate of drug-likeness (QED) is 0.756. The van der Waals surface area contributed by atoms with E-state index in [4.69, 9.17) is 4.74 Å². The molecule has 1 fully saturated rings. The van der Waals surface area contributed by atoms with Crippen molar-refractivity contribution in [3.8, 4) is 5.75 Å². The van der Waals surface area contributed by atoms with Crippen LogP contribution in [0.4, 0.5) is 0 Å². The van der Waals surface area contributed by atoms with E-state index >= 15 is 0 Å². The van der Waals surface area contributed by atoms with Crippen LogP contribution < -0.4 is 15.4 Å². The number of carbonyl (C=O) groups is 2. The SMILES string of the molecule is COc1ccc(C(=O)CCC(=O)NCC2(C)CCNCC2)cc1. The van der Waals surface area contributed by atoms with E-state index in [9.17, 15) is 9.59 Å². The topological polar surface area (TPSA) is 67.4 Å². The Hall–Kier alpha value is -1.88. The van der Waals surface area contributed by atoms with Crippen LogP contribution in [-0.2, 0) is 4.79 Å². The van der Waals surface area contributed by atoms with Gasteiger partial charge in [0.05, 0.1) is 7.11 Å². The third-order valence-corrected chi connectivity index (χ3v) is 4.51. The number of rotatable bonds is 7. The molecule has 2 N–H and O–H groups in total. The van der Waals surface area contributed by atoms with Crippen LogP contribution >= 0.6 is 0 Å². The summed E-state index contributed by atoms with van der Waals surface area (Å²) < 4.78 is 5.07. The van der Waals surface area contributed by atoms with Gasteiger partial charge in [-0.3, -0.25) is 9.59 Å². The Morgan fingerprint density at radius 3 is 2.43 bits per heavy atom. The summed E-state index contributed by atoms with van der Waals surface area (Å²) in [5, 5.41) is 6.31. The molecule has 1 aromatic rings. The Morgan fingerprint density at radius 1 is 1.17 bits per heavy atom. The maximum atomic E-state index is 12.1. The van der Waals surface area contributed by atoms with E-state index in [1.54, 1.807) is 31.4 Å². The van der Waals surface area contributed by atoms with Crippen LogP contribution in [0.5, 0.6) is 5.75 Å². The Kier molecular flexibility index (Phi) is 6.16. The molecule has 1 aliphatic heterocycles. The third-order valence-electron chi connectivity index (χ3n) is 4.51.